The standard InChI is InChI=1S/C120H79N5/c1-7-30-80(31-8-1)81-54-58-90(59-55-81)121(94-67-73-117-106(77-94)103-48-24-28-52-115(103)125(117)112-53-29-33-82-32-19-20-44-97(82)112)93-65-71-109-105(76-93)100-68-56-83(74-110(100)120(109,87-38-13-4-14-39-87)88-40-15-5-16-41-88)84-57-69-104-107-78-95(66-72-116(107)124(118(104)75-84)89-42-17-6-18-43-89)122(91-60-62-92(63-61-91)123-113-50-26-22-46-101(113)102-47-23-27-51-114(102)123)96-64-70-99-98-45-21-25-49-108(98)119(111(99)79-96,85-34-9-2-10-35-85)86-36-11-3-12-37-86/h1-79H. The number of benzene rings is 20. The minimum absolute atomic E-state index is 0.611. The largest absolute Gasteiger partial charge is 0.310 e. The third-order valence-corrected chi connectivity index (χ3v) is 26.9. The van der Waals surface area contributed by atoms with Crippen molar-refractivity contribution >= 4 is 110 Å². The summed E-state index contributed by atoms with van der Waals surface area (Å²) in [4.78, 5) is 4.96. The number of hydrogen-bond donors (Lipinski definition) is 0. The van der Waals surface area contributed by atoms with Crippen molar-refractivity contribution in [3.63, 3.8) is 0 Å². The van der Waals surface area contributed by atoms with Gasteiger partial charge < -0.3 is 23.5 Å². The van der Waals surface area contributed by atoms with E-state index in [0.29, 0.717) is 0 Å². The summed E-state index contributed by atoms with van der Waals surface area (Å²) < 4.78 is 7.35. The van der Waals surface area contributed by atoms with Gasteiger partial charge in [0.15, 0.2) is 0 Å². The Labute approximate surface area is 725 Å². The molecule has 2 aliphatic carbocycles. The highest BCUT2D eigenvalue weighted by Gasteiger charge is 2.48. The number of hydrogen-bond acceptors (Lipinski definition) is 2. The minimum Gasteiger partial charge on any atom is -0.310 e. The van der Waals surface area contributed by atoms with Crippen LogP contribution in [0.5, 0.6) is 0 Å². The molecule has 584 valence electrons. The van der Waals surface area contributed by atoms with Gasteiger partial charge in [0.25, 0.3) is 0 Å². The minimum atomic E-state index is -0.712. The molecule has 125 heavy (non-hydrogen) atoms. The average molecular weight is 1590 g/mol. The molecule has 0 unspecified atom stereocenters. The molecule has 0 radical (unpaired) electrons. The molecule has 0 aliphatic heterocycles. The fourth-order valence-corrected chi connectivity index (χ4v) is 21.6. The number of aromatic nitrogens is 3. The molecule has 0 atom stereocenters. The molecule has 0 saturated heterocycles. The molecule has 2 aliphatic rings. The summed E-state index contributed by atoms with van der Waals surface area (Å²) in [6, 6.07) is 179. The van der Waals surface area contributed by atoms with Crippen LogP contribution >= 0.6 is 0 Å². The van der Waals surface area contributed by atoms with Crippen molar-refractivity contribution in [3.05, 3.63) is 524 Å². The van der Waals surface area contributed by atoms with Gasteiger partial charge in [-0.25, -0.2) is 0 Å². The van der Waals surface area contributed by atoms with Gasteiger partial charge in [0.05, 0.1) is 49.6 Å². The van der Waals surface area contributed by atoms with Crippen LogP contribution in [0.4, 0.5) is 34.1 Å². The molecule has 0 saturated carbocycles. The maximum Gasteiger partial charge on any atom is 0.0714 e. The third kappa shape index (κ3) is 11.0. The highest BCUT2D eigenvalue weighted by atomic mass is 15.2. The van der Waals surface area contributed by atoms with Crippen LogP contribution in [0.2, 0.25) is 0 Å². The predicted octanol–water partition coefficient (Wildman–Crippen LogP) is 31.1. The first-order valence-corrected chi connectivity index (χ1v) is 43.3. The molecule has 5 nitrogen and oxygen atoms in total. The lowest BCUT2D eigenvalue weighted by atomic mass is 9.67. The molecule has 23 aromatic rings. The molecule has 25 rings (SSSR count). The van der Waals surface area contributed by atoms with Crippen LogP contribution in [-0.2, 0) is 10.8 Å². The normalized spacial score (nSPS) is 12.9. The Balaban J connectivity index is 0.665. The van der Waals surface area contributed by atoms with Gasteiger partial charge in [0.1, 0.15) is 0 Å². The fourth-order valence-electron chi connectivity index (χ4n) is 21.6. The second-order valence-electron chi connectivity index (χ2n) is 33.4. The number of para-hydroxylation sites is 4. The van der Waals surface area contributed by atoms with E-state index in [1.165, 1.54) is 121 Å². The molecule has 0 bridgehead atoms. The maximum absolute atomic E-state index is 2.52. The third-order valence-electron chi connectivity index (χ3n) is 26.9. The summed E-state index contributed by atoms with van der Waals surface area (Å²) >= 11 is 0. The molecule has 0 amide bonds. The number of anilines is 6. The van der Waals surface area contributed by atoms with Crippen molar-refractivity contribution < 1.29 is 0 Å². The average Bonchev–Trinajstić information content (AvgIpc) is 1.54. The number of rotatable bonds is 15. The summed E-state index contributed by atoms with van der Waals surface area (Å²) in [7, 11) is 0. The highest BCUT2D eigenvalue weighted by Crippen LogP contribution is 2.61. The predicted molar refractivity (Wildman–Crippen MR) is 522 cm³/mol. The zero-order valence-corrected chi connectivity index (χ0v) is 68.3. The van der Waals surface area contributed by atoms with Crippen molar-refractivity contribution in [3.8, 4) is 61.6 Å². The number of fused-ring (bicyclic) bond motifs is 16. The van der Waals surface area contributed by atoms with E-state index in [9.17, 15) is 0 Å². The summed E-state index contributed by atoms with van der Waals surface area (Å²) in [5.74, 6) is 0. The van der Waals surface area contributed by atoms with Gasteiger partial charge in [-0.1, -0.05) is 334 Å². The van der Waals surface area contributed by atoms with Crippen LogP contribution < -0.4 is 9.80 Å². The van der Waals surface area contributed by atoms with Crippen LogP contribution in [0, 0.1) is 0 Å². The summed E-state index contributed by atoms with van der Waals surface area (Å²) in [5.41, 5.74) is 34.6. The van der Waals surface area contributed by atoms with Crippen molar-refractivity contribution in [2.45, 2.75) is 10.8 Å². The molecule has 0 fully saturated rings. The Morgan fingerprint density at radius 3 is 1.14 bits per heavy atom. The zero-order chi connectivity index (χ0) is 82.3. The van der Waals surface area contributed by atoms with Crippen molar-refractivity contribution in [2.75, 3.05) is 9.80 Å². The van der Waals surface area contributed by atoms with E-state index >= 15 is 0 Å². The monoisotopic (exact) mass is 1590 g/mol. The zero-order valence-electron chi connectivity index (χ0n) is 68.3. The smallest absolute Gasteiger partial charge is 0.0714 e. The molecule has 20 aromatic carbocycles. The van der Waals surface area contributed by atoms with Gasteiger partial charge in [0.2, 0.25) is 0 Å². The van der Waals surface area contributed by atoms with Crippen LogP contribution in [0.25, 0.3) is 138 Å². The van der Waals surface area contributed by atoms with E-state index in [-0.39, 0.29) is 0 Å². The van der Waals surface area contributed by atoms with E-state index in [2.05, 4.69) is 503 Å². The van der Waals surface area contributed by atoms with E-state index in [1.54, 1.807) is 0 Å². The van der Waals surface area contributed by atoms with Gasteiger partial charge in [0, 0.05) is 83.2 Å². The first-order chi connectivity index (χ1) is 62.0. The van der Waals surface area contributed by atoms with Gasteiger partial charge in [-0.05, 0) is 240 Å². The summed E-state index contributed by atoms with van der Waals surface area (Å²) in [5, 5.41) is 9.59. The molecule has 0 N–H and O–H groups in total. The van der Waals surface area contributed by atoms with E-state index in [4.69, 9.17) is 0 Å². The lowest BCUT2D eigenvalue weighted by molar-refractivity contribution is 0.768. The summed E-state index contributed by atoms with van der Waals surface area (Å²) in [6.07, 6.45) is 0. The number of nitrogens with zero attached hydrogens (tertiary/aromatic N) is 5. The van der Waals surface area contributed by atoms with Crippen LogP contribution in [0.15, 0.2) is 479 Å². The van der Waals surface area contributed by atoms with Crippen LogP contribution in [-0.4, -0.2) is 13.7 Å². The molecule has 0 spiro atoms. The second-order valence-corrected chi connectivity index (χ2v) is 33.4. The second kappa shape index (κ2) is 28.7. The Kier molecular flexibility index (Phi) is 16.4. The van der Waals surface area contributed by atoms with E-state index in [0.717, 1.165) is 95.2 Å². The first kappa shape index (κ1) is 71.6. The molecular weight excluding hydrogens is 1510 g/mol. The Morgan fingerprint density at radius 2 is 0.528 bits per heavy atom. The molecule has 3 heterocycles. The Bertz CT molecular complexity index is 8050. The van der Waals surface area contributed by atoms with Crippen molar-refractivity contribution in [2.24, 2.45) is 0 Å². The molecule has 3 aromatic heterocycles. The summed E-state index contributed by atoms with van der Waals surface area (Å²) in [6.45, 7) is 0. The quantitative estimate of drug-likeness (QED) is 0.102. The lowest BCUT2D eigenvalue weighted by Gasteiger charge is -2.35. The van der Waals surface area contributed by atoms with E-state index < -0.39 is 10.8 Å². The van der Waals surface area contributed by atoms with Crippen molar-refractivity contribution in [1.29, 1.82) is 0 Å². The van der Waals surface area contributed by atoms with Crippen molar-refractivity contribution in [1.82, 2.24) is 13.7 Å². The van der Waals surface area contributed by atoms with Crippen LogP contribution in [0.3, 0.4) is 0 Å². The topological polar surface area (TPSA) is 21.3 Å². The van der Waals surface area contributed by atoms with Gasteiger partial charge in [-0.2, -0.15) is 0 Å². The fraction of sp³-hybridized carbons (Fsp3) is 0.0167. The Hall–Kier alpha value is -16.3. The highest BCUT2D eigenvalue weighted by molar-refractivity contribution is 6.14. The maximum atomic E-state index is 2.52. The SMILES string of the molecule is c1ccc(-c2ccc(N(c3ccc4c(c3)-c3ccc(-c5ccc6c7cc(N(c8ccc(-n9c%10ccccc%10c%10ccccc%109)cc8)c8ccc9c(c8)C(c8ccccc8)(c8ccccc8)c8ccccc8-9)ccc7n(-c7ccccc7)c6c5)cc3C4(c3ccccc3)c3ccccc3)c3ccc4c(c3)c3ccccc3n4-c3cccc4ccccc34)cc2)cc1. The Morgan fingerprint density at radius 1 is 0.168 bits per heavy atom. The van der Waals surface area contributed by atoms with Gasteiger partial charge in [-0.3, -0.25) is 0 Å². The lowest BCUT2D eigenvalue weighted by Crippen LogP contribution is -2.28. The first-order valence-electron chi connectivity index (χ1n) is 43.3. The molecular formula is C120H79N5. The van der Waals surface area contributed by atoms with Gasteiger partial charge in [-0.15, -0.1) is 0 Å². The van der Waals surface area contributed by atoms with E-state index in [1.807, 2.05) is 0 Å². The van der Waals surface area contributed by atoms with Gasteiger partial charge >= 0.3 is 0 Å². The van der Waals surface area contributed by atoms with Crippen LogP contribution in [0.1, 0.15) is 44.5 Å². The molecule has 5 heteroatoms.